The largest absolute Gasteiger partial charge is 0.350 e. The number of hydrogen-bond donors (Lipinski definition) is 1. The molecule has 30 heavy (non-hydrogen) atoms. The fourth-order valence-corrected chi connectivity index (χ4v) is 3.55. The summed E-state index contributed by atoms with van der Waals surface area (Å²) in [5.74, 6) is -0.753. The predicted molar refractivity (Wildman–Crippen MR) is 121 cm³/mol. The van der Waals surface area contributed by atoms with E-state index in [0.29, 0.717) is 21.8 Å². The van der Waals surface area contributed by atoms with Crippen molar-refractivity contribution in [3.63, 3.8) is 0 Å². The summed E-state index contributed by atoms with van der Waals surface area (Å²) in [6, 6.07) is 22.1. The second-order valence-electron chi connectivity index (χ2n) is 7.21. The average Bonchev–Trinajstić information content (AvgIpc) is 3.00. The molecule has 4 nitrogen and oxygen atoms in total. The summed E-state index contributed by atoms with van der Waals surface area (Å²) in [5, 5.41) is 3.73. The number of halogens is 1. The molecule has 0 aliphatic carbocycles. The highest BCUT2D eigenvalue weighted by atomic mass is 35.5. The molecule has 150 valence electrons. The third-order valence-electron chi connectivity index (χ3n) is 5.14. The van der Waals surface area contributed by atoms with Crippen molar-refractivity contribution in [2.75, 3.05) is 10.2 Å². The molecule has 0 radical (unpaired) electrons. The fourth-order valence-electron chi connectivity index (χ4n) is 3.43. The van der Waals surface area contributed by atoms with Gasteiger partial charge in [-0.2, -0.15) is 0 Å². The Labute approximate surface area is 180 Å². The molecule has 3 aromatic rings. The summed E-state index contributed by atoms with van der Waals surface area (Å²) >= 11 is 5.98. The van der Waals surface area contributed by atoms with Crippen LogP contribution in [0.2, 0.25) is 5.02 Å². The molecule has 3 aromatic carbocycles. The SMILES string of the molecule is CCc1ccc(NC2=C(c3ccc(C)cc3)C(=O)N(c3ccc(Cl)cc3)C2=O)cc1. The van der Waals surface area contributed by atoms with Crippen LogP contribution >= 0.6 is 11.6 Å². The quantitative estimate of drug-likeness (QED) is 0.550. The number of benzene rings is 3. The van der Waals surface area contributed by atoms with Crippen LogP contribution in [0.25, 0.3) is 5.57 Å². The molecule has 1 aliphatic rings. The zero-order chi connectivity index (χ0) is 21.3. The summed E-state index contributed by atoms with van der Waals surface area (Å²) in [6.45, 7) is 4.07. The fraction of sp³-hybridized carbons (Fsp3) is 0.120. The van der Waals surface area contributed by atoms with Crippen LogP contribution < -0.4 is 10.2 Å². The van der Waals surface area contributed by atoms with Gasteiger partial charge in [0.2, 0.25) is 0 Å². The van der Waals surface area contributed by atoms with E-state index in [4.69, 9.17) is 11.6 Å². The van der Waals surface area contributed by atoms with Crippen molar-refractivity contribution in [2.24, 2.45) is 0 Å². The molecule has 0 fully saturated rings. The van der Waals surface area contributed by atoms with E-state index >= 15 is 0 Å². The minimum Gasteiger partial charge on any atom is -0.350 e. The molecule has 1 aliphatic heterocycles. The number of rotatable bonds is 5. The smallest absolute Gasteiger partial charge is 0.282 e. The van der Waals surface area contributed by atoms with Gasteiger partial charge in [0.25, 0.3) is 11.8 Å². The van der Waals surface area contributed by atoms with Gasteiger partial charge in [0.05, 0.1) is 11.3 Å². The Hall–Kier alpha value is -3.37. The number of imide groups is 1. The molecule has 2 amide bonds. The molecule has 0 spiro atoms. The van der Waals surface area contributed by atoms with Gasteiger partial charge >= 0.3 is 0 Å². The topological polar surface area (TPSA) is 49.4 Å². The van der Waals surface area contributed by atoms with Crippen molar-refractivity contribution < 1.29 is 9.59 Å². The highest BCUT2D eigenvalue weighted by Gasteiger charge is 2.40. The number of anilines is 2. The number of carbonyl (C=O) groups is 2. The van der Waals surface area contributed by atoms with Crippen LogP contribution in [0.15, 0.2) is 78.5 Å². The highest BCUT2D eigenvalue weighted by molar-refractivity contribution is 6.46. The molecule has 4 rings (SSSR count). The van der Waals surface area contributed by atoms with Crippen LogP contribution in [0.4, 0.5) is 11.4 Å². The third kappa shape index (κ3) is 3.74. The number of amides is 2. The molecular weight excluding hydrogens is 396 g/mol. The second kappa shape index (κ2) is 8.17. The average molecular weight is 417 g/mol. The molecule has 0 saturated carbocycles. The van der Waals surface area contributed by atoms with Crippen LogP contribution in [0, 0.1) is 6.92 Å². The lowest BCUT2D eigenvalue weighted by molar-refractivity contribution is -0.120. The van der Waals surface area contributed by atoms with E-state index in [-0.39, 0.29) is 11.6 Å². The maximum absolute atomic E-state index is 13.4. The Balaban J connectivity index is 1.78. The number of nitrogens with one attached hydrogen (secondary N) is 1. The standard InChI is InChI=1S/C25H21ClN2O2/c1-3-17-6-12-20(13-7-17)27-23-22(18-8-4-16(2)5-9-18)24(29)28(25(23)30)21-14-10-19(26)11-15-21/h4-15,27H,3H2,1-2H3. The van der Waals surface area contributed by atoms with Crippen LogP contribution in [0.1, 0.15) is 23.6 Å². The molecule has 0 bridgehead atoms. The molecule has 1 N–H and O–H groups in total. The molecule has 0 aromatic heterocycles. The van der Waals surface area contributed by atoms with Gasteiger partial charge in [0.15, 0.2) is 0 Å². The molecule has 5 heteroatoms. The maximum atomic E-state index is 13.4. The van der Waals surface area contributed by atoms with Gasteiger partial charge in [0.1, 0.15) is 5.70 Å². The lowest BCUT2D eigenvalue weighted by Gasteiger charge is -2.15. The van der Waals surface area contributed by atoms with Crippen LogP contribution in [0.3, 0.4) is 0 Å². The lowest BCUT2D eigenvalue weighted by Crippen LogP contribution is -2.32. The van der Waals surface area contributed by atoms with Crippen molar-refractivity contribution in [2.45, 2.75) is 20.3 Å². The maximum Gasteiger partial charge on any atom is 0.282 e. The predicted octanol–water partition coefficient (Wildman–Crippen LogP) is 5.61. The van der Waals surface area contributed by atoms with Gasteiger partial charge in [-0.15, -0.1) is 0 Å². The summed E-state index contributed by atoms with van der Waals surface area (Å²) in [5.41, 5.74) is 4.84. The zero-order valence-corrected chi connectivity index (χ0v) is 17.5. The van der Waals surface area contributed by atoms with Crippen molar-refractivity contribution in [1.82, 2.24) is 0 Å². The van der Waals surface area contributed by atoms with Crippen molar-refractivity contribution in [3.05, 3.63) is 100 Å². The van der Waals surface area contributed by atoms with Crippen LogP contribution in [0.5, 0.6) is 0 Å². The Morgan fingerprint density at radius 1 is 0.833 bits per heavy atom. The summed E-state index contributed by atoms with van der Waals surface area (Å²) < 4.78 is 0. The minimum absolute atomic E-state index is 0.267. The molecule has 0 unspecified atom stereocenters. The summed E-state index contributed by atoms with van der Waals surface area (Å²) in [7, 11) is 0. The first-order valence-electron chi connectivity index (χ1n) is 9.79. The van der Waals surface area contributed by atoms with Crippen LogP contribution in [-0.2, 0) is 16.0 Å². The van der Waals surface area contributed by atoms with E-state index in [1.54, 1.807) is 24.3 Å². The zero-order valence-electron chi connectivity index (χ0n) is 16.8. The third-order valence-corrected chi connectivity index (χ3v) is 5.39. The van der Waals surface area contributed by atoms with Crippen molar-refractivity contribution >= 4 is 40.4 Å². The number of hydrogen-bond acceptors (Lipinski definition) is 3. The Bertz CT molecular complexity index is 1130. The first-order chi connectivity index (χ1) is 14.5. The lowest BCUT2D eigenvalue weighted by atomic mass is 10.0. The van der Waals surface area contributed by atoms with Gasteiger partial charge in [-0.05, 0) is 60.9 Å². The number of carbonyl (C=O) groups excluding carboxylic acids is 2. The molecule has 0 saturated heterocycles. The second-order valence-corrected chi connectivity index (χ2v) is 7.65. The van der Waals surface area contributed by atoms with Gasteiger partial charge in [-0.25, -0.2) is 4.90 Å². The van der Waals surface area contributed by atoms with Gasteiger partial charge in [0, 0.05) is 10.7 Å². The number of nitrogens with zero attached hydrogens (tertiary/aromatic N) is 1. The normalized spacial score (nSPS) is 13.9. The summed E-state index contributed by atoms with van der Waals surface area (Å²) in [6.07, 6.45) is 0.930. The Kier molecular flexibility index (Phi) is 5.42. The monoisotopic (exact) mass is 416 g/mol. The van der Waals surface area contributed by atoms with E-state index in [1.807, 2.05) is 55.5 Å². The first-order valence-corrected chi connectivity index (χ1v) is 10.2. The Morgan fingerprint density at radius 2 is 1.47 bits per heavy atom. The van der Waals surface area contributed by atoms with E-state index in [0.717, 1.165) is 17.7 Å². The van der Waals surface area contributed by atoms with E-state index in [1.165, 1.54) is 10.5 Å². The van der Waals surface area contributed by atoms with Gasteiger partial charge in [-0.1, -0.05) is 60.5 Å². The molecule has 1 heterocycles. The summed E-state index contributed by atoms with van der Waals surface area (Å²) in [4.78, 5) is 27.9. The Morgan fingerprint density at radius 3 is 2.07 bits per heavy atom. The minimum atomic E-state index is -0.391. The van der Waals surface area contributed by atoms with E-state index in [2.05, 4.69) is 12.2 Å². The van der Waals surface area contributed by atoms with Crippen molar-refractivity contribution in [3.8, 4) is 0 Å². The van der Waals surface area contributed by atoms with E-state index < -0.39 is 5.91 Å². The molecule has 0 atom stereocenters. The molecular formula is C25H21ClN2O2. The van der Waals surface area contributed by atoms with E-state index in [9.17, 15) is 9.59 Å². The first kappa shape index (κ1) is 19.9. The van der Waals surface area contributed by atoms with Gasteiger partial charge < -0.3 is 5.32 Å². The highest BCUT2D eigenvalue weighted by Crippen LogP contribution is 2.34. The van der Waals surface area contributed by atoms with Crippen LogP contribution in [-0.4, -0.2) is 11.8 Å². The van der Waals surface area contributed by atoms with Crippen molar-refractivity contribution in [1.29, 1.82) is 0 Å². The number of aryl methyl sites for hydroxylation is 2. The van der Waals surface area contributed by atoms with Gasteiger partial charge in [-0.3, -0.25) is 9.59 Å².